The smallest absolute Gasteiger partial charge is 0.0464 e. The van der Waals surface area contributed by atoms with Gasteiger partial charge in [-0.2, -0.15) is 0 Å². The minimum Gasteiger partial charge on any atom is -0.396 e. The predicted molar refractivity (Wildman–Crippen MR) is 54.4 cm³/mol. The fourth-order valence-corrected chi connectivity index (χ4v) is 2.67. The molecule has 1 heteroatoms. The van der Waals surface area contributed by atoms with Gasteiger partial charge in [0.15, 0.2) is 0 Å². The SMILES string of the molecule is CC1(C)C[C@H]1CC[C@@]1(C)C[C@@H]1CO. The summed E-state index contributed by atoms with van der Waals surface area (Å²) in [7, 11) is 0. The highest BCUT2D eigenvalue weighted by molar-refractivity contribution is 5.01. The molecule has 0 spiro atoms. The lowest BCUT2D eigenvalue weighted by Gasteiger charge is -2.10. The Kier molecular flexibility index (Phi) is 1.99. The van der Waals surface area contributed by atoms with Crippen LogP contribution in [0, 0.1) is 22.7 Å². The molecule has 2 aliphatic rings. The Morgan fingerprint density at radius 2 is 1.77 bits per heavy atom. The van der Waals surface area contributed by atoms with Gasteiger partial charge in [0, 0.05) is 6.61 Å². The van der Waals surface area contributed by atoms with Crippen molar-refractivity contribution in [3.63, 3.8) is 0 Å². The molecule has 2 aliphatic carbocycles. The Balaban J connectivity index is 1.70. The Morgan fingerprint density at radius 1 is 1.15 bits per heavy atom. The Morgan fingerprint density at radius 3 is 2.15 bits per heavy atom. The first-order valence-corrected chi connectivity index (χ1v) is 5.59. The monoisotopic (exact) mass is 182 g/mol. The van der Waals surface area contributed by atoms with Crippen molar-refractivity contribution >= 4 is 0 Å². The van der Waals surface area contributed by atoms with Gasteiger partial charge in [-0.25, -0.2) is 0 Å². The topological polar surface area (TPSA) is 20.2 Å². The van der Waals surface area contributed by atoms with Crippen LogP contribution in [0.2, 0.25) is 0 Å². The fraction of sp³-hybridized carbons (Fsp3) is 1.00. The molecule has 0 aromatic rings. The van der Waals surface area contributed by atoms with E-state index >= 15 is 0 Å². The first-order chi connectivity index (χ1) is 5.98. The molecule has 0 amide bonds. The third-order valence-corrected chi connectivity index (χ3v) is 4.54. The molecule has 2 saturated carbocycles. The van der Waals surface area contributed by atoms with Gasteiger partial charge in [-0.05, 0) is 48.3 Å². The second kappa shape index (κ2) is 2.73. The summed E-state index contributed by atoms with van der Waals surface area (Å²) < 4.78 is 0. The molecule has 0 aliphatic heterocycles. The molecule has 76 valence electrons. The number of aliphatic hydroxyl groups is 1. The van der Waals surface area contributed by atoms with E-state index in [9.17, 15) is 0 Å². The molecule has 0 aromatic carbocycles. The maximum Gasteiger partial charge on any atom is 0.0464 e. The summed E-state index contributed by atoms with van der Waals surface area (Å²) in [5.41, 5.74) is 1.15. The fourth-order valence-electron chi connectivity index (χ4n) is 2.67. The first-order valence-electron chi connectivity index (χ1n) is 5.59. The number of rotatable bonds is 4. The Hall–Kier alpha value is -0.0400. The second-order valence-corrected chi connectivity index (χ2v) is 6.17. The normalized spacial score (nSPS) is 46.2. The van der Waals surface area contributed by atoms with Gasteiger partial charge in [0.1, 0.15) is 0 Å². The van der Waals surface area contributed by atoms with Crippen LogP contribution in [-0.2, 0) is 0 Å². The lowest BCUT2D eigenvalue weighted by molar-refractivity contribution is 0.246. The highest BCUT2D eigenvalue weighted by Gasteiger charge is 2.51. The molecule has 2 rings (SSSR count). The van der Waals surface area contributed by atoms with E-state index in [2.05, 4.69) is 20.8 Å². The van der Waals surface area contributed by atoms with E-state index in [0.29, 0.717) is 23.4 Å². The van der Waals surface area contributed by atoms with Crippen molar-refractivity contribution in [2.45, 2.75) is 46.5 Å². The van der Waals surface area contributed by atoms with Gasteiger partial charge >= 0.3 is 0 Å². The summed E-state index contributed by atoms with van der Waals surface area (Å²) in [6.07, 6.45) is 5.41. The first kappa shape index (κ1) is 9.51. The van der Waals surface area contributed by atoms with Crippen molar-refractivity contribution in [1.82, 2.24) is 0 Å². The molecule has 0 aromatic heterocycles. The molecule has 1 N–H and O–H groups in total. The highest BCUT2D eigenvalue weighted by Crippen LogP contribution is 2.60. The van der Waals surface area contributed by atoms with Crippen LogP contribution in [0.15, 0.2) is 0 Å². The van der Waals surface area contributed by atoms with Crippen LogP contribution in [0.3, 0.4) is 0 Å². The van der Waals surface area contributed by atoms with Crippen LogP contribution < -0.4 is 0 Å². The van der Waals surface area contributed by atoms with E-state index in [1.807, 2.05) is 0 Å². The number of aliphatic hydroxyl groups excluding tert-OH is 1. The van der Waals surface area contributed by atoms with Crippen molar-refractivity contribution in [3.05, 3.63) is 0 Å². The van der Waals surface area contributed by atoms with Crippen molar-refractivity contribution in [2.75, 3.05) is 6.61 Å². The molecule has 0 bridgehead atoms. The van der Waals surface area contributed by atoms with Gasteiger partial charge in [0.2, 0.25) is 0 Å². The van der Waals surface area contributed by atoms with Gasteiger partial charge in [0.25, 0.3) is 0 Å². The minimum absolute atomic E-state index is 0.407. The zero-order valence-corrected chi connectivity index (χ0v) is 9.14. The summed E-state index contributed by atoms with van der Waals surface area (Å²) in [5.74, 6) is 1.60. The van der Waals surface area contributed by atoms with Crippen LogP contribution in [-0.4, -0.2) is 11.7 Å². The molecule has 3 atom stereocenters. The summed E-state index contributed by atoms with van der Waals surface area (Å²) >= 11 is 0. The Bertz CT molecular complexity index is 209. The summed E-state index contributed by atoms with van der Waals surface area (Å²) in [4.78, 5) is 0. The number of hydrogen-bond acceptors (Lipinski definition) is 1. The standard InChI is InChI=1S/C12H22O/c1-11(2)6-9(11)4-5-12(3)7-10(12)8-13/h9-10,13H,4-8H2,1-3H3/t9-,10-,12+/m1/s1. The quantitative estimate of drug-likeness (QED) is 0.709. The van der Waals surface area contributed by atoms with Crippen molar-refractivity contribution < 1.29 is 5.11 Å². The van der Waals surface area contributed by atoms with Crippen molar-refractivity contribution in [2.24, 2.45) is 22.7 Å². The molecule has 1 nitrogen and oxygen atoms in total. The molecule has 0 heterocycles. The third-order valence-electron chi connectivity index (χ3n) is 4.54. The highest BCUT2D eigenvalue weighted by atomic mass is 16.3. The van der Waals surface area contributed by atoms with Crippen LogP contribution >= 0.6 is 0 Å². The van der Waals surface area contributed by atoms with E-state index in [1.165, 1.54) is 25.7 Å². The van der Waals surface area contributed by atoms with Crippen LogP contribution in [0.1, 0.15) is 46.5 Å². The van der Waals surface area contributed by atoms with E-state index < -0.39 is 0 Å². The number of hydrogen-bond donors (Lipinski definition) is 1. The largest absolute Gasteiger partial charge is 0.396 e. The maximum atomic E-state index is 9.03. The summed E-state index contributed by atoms with van der Waals surface area (Å²) in [6, 6.07) is 0. The zero-order chi connectivity index (χ0) is 9.69. The van der Waals surface area contributed by atoms with Crippen LogP contribution in [0.25, 0.3) is 0 Å². The van der Waals surface area contributed by atoms with E-state index in [4.69, 9.17) is 5.11 Å². The van der Waals surface area contributed by atoms with E-state index in [0.717, 1.165) is 5.92 Å². The third kappa shape index (κ3) is 1.76. The Labute approximate surface area is 81.5 Å². The molecule has 0 radical (unpaired) electrons. The van der Waals surface area contributed by atoms with Gasteiger partial charge in [-0.1, -0.05) is 20.8 Å². The second-order valence-electron chi connectivity index (χ2n) is 6.17. The zero-order valence-electron chi connectivity index (χ0n) is 9.14. The molecule has 2 fully saturated rings. The van der Waals surface area contributed by atoms with Crippen LogP contribution in [0.5, 0.6) is 0 Å². The molecular weight excluding hydrogens is 160 g/mol. The average molecular weight is 182 g/mol. The van der Waals surface area contributed by atoms with E-state index in [-0.39, 0.29) is 0 Å². The molecular formula is C12H22O. The van der Waals surface area contributed by atoms with Crippen LogP contribution in [0.4, 0.5) is 0 Å². The lowest BCUT2D eigenvalue weighted by Crippen LogP contribution is -2.02. The maximum absolute atomic E-state index is 9.03. The molecule has 13 heavy (non-hydrogen) atoms. The van der Waals surface area contributed by atoms with Gasteiger partial charge < -0.3 is 5.11 Å². The molecule has 0 unspecified atom stereocenters. The van der Waals surface area contributed by atoms with Gasteiger partial charge in [0.05, 0.1) is 0 Å². The summed E-state index contributed by atoms with van der Waals surface area (Å²) in [5, 5.41) is 9.03. The summed E-state index contributed by atoms with van der Waals surface area (Å²) in [6.45, 7) is 7.49. The van der Waals surface area contributed by atoms with Gasteiger partial charge in [-0.15, -0.1) is 0 Å². The lowest BCUT2D eigenvalue weighted by atomic mass is 9.96. The predicted octanol–water partition coefficient (Wildman–Crippen LogP) is 2.83. The minimum atomic E-state index is 0.407. The molecule has 0 saturated heterocycles. The van der Waals surface area contributed by atoms with E-state index in [1.54, 1.807) is 0 Å². The van der Waals surface area contributed by atoms with Gasteiger partial charge in [-0.3, -0.25) is 0 Å². The van der Waals surface area contributed by atoms with Crippen molar-refractivity contribution in [3.8, 4) is 0 Å². The van der Waals surface area contributed by atoms with Crippen molar-refractivity contribution in [1.29, 1.82) is 0 Å². The average Bonchev–Trinajstić information content (AvgIpc) is 2.87.